The Balaban J connectivity index is 1.73. The van der Waals surface area contributed by atoms with E-state index in [1.165, 1.54) is 0 Å². The van der Waals surface area contributed by atoms with Crippen LogP contribution in [0, 0.1) is 0 Å². The van der Waals surface area contributed by atoms with Gasteiger partial charge >= 0.3 is 0 Å². The summed E-state index contributed by atoms with van der Waals surface area (Å²) >= 11 is 0. The van der Waals surface area contributed by atoms with Gasteiger partial charge in [0.05, 0.1) is 0 Å². The average molecular weight is 378 g/mol. The molecule has 5 nitrogen and oxygen atoms in total. The van der Waals surface area contributed by atoms with Crippen LogP contribution < -0.4 is 10.1 Å². The summed E-state index contributed by atoms with van der Waals surface area (Å²) in [7, 11) is 0. The standard InChI is InChI=1S/C23H26N2O3/c1-3-25(4-2)22(27)17-7-5-16(6-8-17)20-14-23(11-12-24-15-23)28-21-10-9-18(26)13-19(20)21/h5-10,13-14,24,26H,3-4,11-12,15H2,1-2H3. The minimum absolute atomic E-state index is 0.0482. The second-order valence-corrected chi connectivity index (χ2v) is 7.39. The third-order valence-electron chi connectivity index (χ3n) is 5.62. The summed E-state index contributed by atoms with van der Waals surface area (Å²) in [6, 6.07) is 13.0. The molecular formula is C23H26N2O3. The van der Waals surface area contributed by atoms with Gasteiger partial charge in [-0.3, -0.25) is 4.79 Å². The number of fused-ring (bicyclic) bond motifs is 1. The molecule has 2 N–H and O–H groups in total. The van der Waals surface area contributed by atoms with Crippen molar-refractivity contribution in [1.82, 2.24) is 10.2 Å². The van der Waals surface area contributed by atoms with Crippen molar-refractivity contribution in [3.8, 4) is 11.5 Å². The van der Waals surface area contributed by atoms with Crippen LogP contribution in [0.2, 0.25) is 0 Å². The van der Waals surface area contributed by atoms with Gasteiger partial charge in [-0.2, -0.15) is 0 Å². The smallest absolute Gasteiger partial charge is 0.253 e. The number of carbonyl (C=O) groups is 1. The lowest BCUT2D eigenvalue weighted by Crippen LogP contribution is -2.38. The Morgan fingerprint density at radius 2 is 1.93 bits per heavy atom. The molecule has 1 fully saturated rings. The molecule has 0 radical (unpaired) electrons. The molecular weight excluding hydrogens is 352 g/mol. The largest absolute Gasteiger partial charge is 0.508 e. The number of benzene rings is 2. The van der Waals surface area contributed by atoms with Crippen LogP contribution >= 0.6 is 0 Å². The average Bonchev–Trinajstić information content (AvgIpc) is 3.16. The highest BCUT2D eigenvalue weighted by molar-refractivity contribution is 5.95. The first-order valence-corrected chi connectivity index (χ1v) is 9.91. The van der Waals surface area contributed by atoms with Crippen molar-refractivity contribution < 1.29 is 14.6 Å². The van der Waals surface area contributed by atoms with Crippen LogP contribution in [0.3, 0.4) is 0 Å². The Labute approximate surface area is 165 Å². The van der Waals surface area contributed by atoms with E-state index in [9.17, 15) is 9.90 Å². The Kier molecular flexibility index (Phi) is 4.85. The normalized spacial score (nSPS) is 20.4. The Morgan fingerprint density at radius 3 is 2.57 bits per heavy atom. The van der Waals surface area contributed by atoms with Gasteiger partial charge in [-0.1, -0.05) is 12.1 Å². The van der Waals surface area contributed by atoms with E-state index in [-0.39, 0.29) is 17.3 Å². The van der Waals surface area contributed by atoms with E-state index >= 15 is 0 Å². The minimum Gasteiger partial charge on any atom is -0.508 e. The van der Waals surface area contributed by atoms with Crippen LogP contribution in [-0.2, 0) is 0 Å². The van der Waals surface area contributed by atoms with E-state index in [0.29, 0.717) is 18.7 Å². The zero-order valence-corrected chi connectivity index (χ0v) is 16.4. The number of amides is 1. The maximum absolute atomic E-state index is 12.6. The molecule has 1 atom stereocenters. The first-order chi connectivity index (χ1) is 13.5. The lowest BCUT2D eigenvalue weighted by atomic mass is 9.87. The molecule has 0 bridgehead atoms. The highest BCUT2D eigenvalue weighted by atomic mass is 16.5. The van der Waals surface area contributed by atoms with E-state index in [1.54, 1.807) is 12.1 Å². The molecule has 5 heteroatoms. The monoisotopic (exact) mass is 378 g/mol. The Morgan fingerprint density at radius 1 is 1.18 bits per heavy atom. The van der Waals surface area contributed by atoms with Gasteiger partial charge in [0.1, 0.15) is 17.1 Å². The van der Waals surface area contributed by atoms with Crippen LogP contribution in [0.5, 0.6) is 11.5 Å². The number of aromatic hydroxyl groups is 1. The van der Waals surface area contributed by atoms with Crippen molar-refractivity contribution in [3.05, 3.63) is 65.2 Å². The number of carbonyl (C=O) groups excluding carboxylic acids is 1. The summed E-state index contributed by atoms with van der Waals surface area (Å²) in [6.45, 7) is 7.04. The highest BCUT2D eigenvalue weighted by Crippen LogP contribution is 2.42. The lowest BCUT2D eigenvalue weighted by molar-refractivity contribution is 0.0773. The van der Waals surface area contributed by atoms with Crippen LogP contribution in [0.4, 0.5) is 0 Å². The number of rotatable bonds is 4. The number of nitrogens with zero attached hydrogens (tertiary/aromatic N) is 1. The molecule has 146 valence electrons. The van der Waals surface area contributed by atoms with Gasteiger partial charge in [-0.15, -0.1) is 0 Å². The van der Waals surface area contributed by atoms with Crippen molar-refractivity contribution in [2.45, 2.75) is 25.9 Å². The fourth-order valence-corrected chi connectivity index (χ4v) is 4.03. The van der Waals surface area contributed by atoms with E-state index in [1.807, 2.05) is 49.1 Å². The highest BCUT2D eigenvalue weighted by Gasteiger charge is 2.38. The molecule has 1 amide bonds. The van der Waals surface area contributed by atoms with Gasteiger partial charge in [0.15, 0.2) is 0 Å². The topological polar surface area (TPSA) is 61.8 Å². The number of phenols is 1. The van der Waals surface area contributed by atoms with Gasteiger partial charge in [-0.05, 0) is 67.9 Å². The SMILES string of the molecule is CCN(CC)C(=O)c1ccc(C2=CC3(CCNC3)Oc3ccc(O)cc32)cc1. The maximum Gasteiger partial charge on any atom is 0.253 e. The van der Waals surface area contributed by atoms with E-state index in [0.717, 1.165) is 42.0 Å². The molecule has 2 aromatic rings. The van der Waals surface area contributed by atoms with Gasteiger partial charge in [0.2, 0.25) is 0 Å². The van der Waals surface area contributed by atoms with Crippen molar-refractivity contribution in [2.24, 2.45) is 0 Å². The van der Waals surface area contributed by atoms with Crippen molar-refractivity contribution in [1.29, 1.82) is 0 Å². The number of hydrogen-bond donors (Lipinski definition) is 2. The van der Waals surface area contributed by atoms with E-state index in [4.69, 9.17) is 4.74 Å². The molecule has 2 heterocycles. The minimum atomic E-state index is -0.366. The van der Waals surface area contributed by atoms with Crippen LogP contribution in [0.1, 0.15) is 41.8 Å². The summed E-state index contributed by atoms with van der Waals surface area (Å²) in [4.78, 5) is 14.4. The molecule has 1 spiro atoms. The number of nitrogens with one attached hydrogen (secondary N) is 1. The second-order valence-electron chi connectivity index (χ2n) is 7.39. The zero-order chi connectivity index (χ0) is 19.7. The van der Waals surface area contributed by atoms with Crippen LogP contribution in [0.15, 0.2) is 48.5 Å². The van der Waals surface area contributed by atoms with Crippen LogP contribution in [0.25, 0.3) is 5.57 Å². The fraction of sp³-hybridized carbons (Fsp3) is 0.348. The molecule has 0 aliphatic carbocycles. The molecule has 1 unspecified atom stereocenters. The second kappa shape index (κ2) is 7.32. The molecule has 28 heavy (non-hydrogen) atoms. The van der Waals surface area contributed by atoms with Crippen molar-refractivity contribution >= 4 is 11.5 Å². The fourth-order valence-electron chi connectivity index (χ4n) is 4.03. The van der Waals surface area contributed by atoms with Gasteiger partial charge in [0, 0.05) is 37.2 Å². The summed E-state index contributed by atoms with van der Waals surface area (Å²) in [5.41, 5.74) is 3.24. The predicted molar refractivity (Wildman–Crippen MR) is 110 cm³/mol. The zero-order valence-electron chi connectivity index (χ0n) is 16.4. The Bertz CT molecular complexity index is 908. The first kappa shape index (κ1) is 18.6. The quantitative estimate of drug-likeness (QED) is 0.856. The number of hydrogen-bond acceptors (Lipinski definition) is 4. The number of phenolic OH excluding ortho intramolecular Hbond substituents is 1. The summed E-state index contributed by atoms with van der Waals surface area (Å²) in [5, 5.41) is 13.4. The predicted octanol–water partition coefficient (Wildman–Crippen LogP) is 3.43. The molecule has 0 saturated carbocycles. The Hall–Kier alpha value is -2.79. The first-order valence-electron chi connectivity index (χ1n) is 9.91. The molecule has 0 aromatic heterocycles. The third kappa shape index (κ3) is 3.27. The van der Waals surface area contributed by atoms with E-state index < -0.39 is 0 Å². The summed E-state index contributed by atoms with van der Waals surface area (Å²) < 4.78 is 6.30. The van der Waals surface area contributed by atoms with Crippen molar-refractivity contribution in [3.63, 3.8) is 0 Å². The summed E-state index contributed by atoms with van der Waals surface area (Å²) in [5.74, 6) is 1.04. The van der Waals surface area contributed by atoms with Crippen LogP contribution in [-0.4, -0.2) is 47.7 Å². The molecule has 2 aromatic carbocycles. The summed E-state index contributed by atoms with van der Waals surface area (Å²) in [6.07, 6.45) is 3.06. The molecule has 2 aliphatic rings. The van der Waals surface area contributed by atoms with Gasteiger partial charge < -0.3 is 20.1 Å². The molecule has 4 rings (SSSR count). The van der Waals surface area contributed by atoms with Crippen molar-refractivity contribution in [2.75, 3.05) is 26.2 Å². The van der Waals surface area contributed by atoms with Gasteiger partial charge in [-0.25, -0.2) is 0 Å². The van der Waals surface area contributed by atoms with E-state index in [2.05, 4.69) is 11.4 Å². The van der Waals surface area contributed by atoms with Gasteiger partial charge in [0.25, 0.3) is 5.91 Å². The molecule has 2 aliphatic heterocycles. The molecule has 1 saturated heterocycles. The maximum atomic E-state index is 12.6. The number of ether oxygens (including phenoxy) is 1. The lowest BCUT2D eigenvalue weighted by Gasteiger charge is -2.33. The third-order valence-corrected chi connectivity index (χ3v) is 5.62.